The highest BCUT2D eigenvalue weighted by Crippen LogP contribution is 2.26. The van der Waals surface area contributed by atoms with Gasteiger partial charge < -0.3 is 5.32 Å². The number of nitrogens with zero attached hydrogens (tertiary/aromatic N) is 2. The first kappa shape index (κ1) is 21.8. The summed E-state index contributed by atoms with van der Waals surface area (Å²) in [6.07, 6.45) is 3.54. The minimum atomic E-state index is -0.103. The van der Waals surface area contributed by atoms with Gasteiger partial charge >= 0.3 is 0 Å². The summed E-state index contributed by atoms with van der Waals surface area (Å²) in [7, 11) is 0. The molecule has 1 atom stereocenters. The molecule has 1 aliphatic heterocycles. The van der Waals surface area contributed by atoms with E-state index in [1.807, 2.05) is 13.0 Å². The largest absolute Gasteiger partial charge is 0.348 e. The van der Waals surface area contributed by atoms with Crippen LogP contribution in [0.25, 0.3) is 11.1 Å². The van der Waals surface area contributed by atoms with E-state index >= 15 is 0 Å². The lowest BCUT2D eigenvalue weighted by atomic mass is 10.0. The molecule has 1 fully saturated rings. The van der Waals surface area contributed by atoms with Crippen molar-refractivity contribution in [1.29, 1.82) is 0 Å². The molecule has 1 N–H and O–H groups in total. The molecule has 0 bridgehead atoms. The molecule has 160 valence electrons. The molecule has 0 saturated carbocycles. The zero-order chi connectivity index (χ0) is 21.8. The predicted octanol–water partition coefficient (Wildman–Crippen LogP) is 5.76. The summed E-state index contributed by atoms with van der Waals surface area (Å²) >= 11 is 12.1. The Morgan fingerprint density at radius 2 is 1.97 bits per heavy atom. The highest BCUT2D eigenvalue weighted by atomic mass is 35.5. The first-order valence-electron chi connectivity index (χ1n) is 10.5. The van der Waals surface area contributed by atoms with Crippen molar-refractivity contribution in [2.45, 2.75) is 32.4 Å². The number of nitrogens with one attached hydrogen (secondary N) is 1. The lowest BCUT2D eigenvalue weighted by Crippen LogP contribution is -2.47. The Kier molecular flexibility index (Phi) is 6.91. The van der Waals surface area contributed by atoms with Crippen molar-refractivity contribution in [1.82, 2.24) is 15.2 Å². The minimum absolute atomic E-state index is 0.103. The van der Waals surface area contributed by atoms with Gasteiger partial charge in [-0.15, -0.1) is 0 Å². The average molecular weight is 454 g/mol. The number of aromatic nitrogens is 1. The van der Waals surface area contributed by atoms with Crippen LogP contribution in [0.15, 0.2) is 60.8 Å². The summed E-state index contributed by atoms with van der Waals surface area (Å²) in [5.74, 6) is -0.103. The molecule has 1 unspecified atom stereocenters. The van der Waals surface area contributed by atoms with Crippen molar-refractivity contribution in [3.8, 4) is 11.1 Å². The zero-order valence-corrected chi connectivity index (χ0v) is 19.0. The minimum Gasteiger partial charge on any atom is -0.348 e. The number of hydrogen-bond donors (Lipinski definition) is 1. The number of halogens is 2. The van der Waals surface area contributed by atoms with Crippen LogP contribution in [0.5, 0.6) is 0 Å². The van der Waals surface area contributed by atoms with Crippen molar-refractivity contribution in [2.75, 3.05) is 13.1 Å². The lowest BCUT2D eigenvalue weighted by molar-refractivity contribution is 0.0900. The van der Waals surface area contributed by atoms with E-state index in [1.54, 1.807) is 12.1 Å². The van der Waals surface area contributed by atoms with Crippen LogP contribution < -0.4 is 5.32 Å². The van der Waals surface area contributed by atoms with E-state index < -0.39 is 0 Å². The van der Waals surface area contributed by atoms with Gasteiger partial charge in [-0.1, -0.05) is 53.5 Å². The third-order valence-corrected chi connectivity index (χ3v) is 6.30. The van der Waals surface area contributed by atoms with Gasteiger partial charge in [0, 0.05) is 30.4 Å². The van der Waals surface area contributed by atoms with Crippen molar-refractivity contribution >= 4 is 29.1 Å². The predicted molar refractivity (Wildman–Crippen MR) is 127 cm³/mol. The van der Waals surface area contributed by atoms with Gasteiger partial charge in [-0.3, -0.25) is 9.69 Å². The van der Waals surface area contributed by atoms with Gasteiger partial charge in [0.15, 0.2) is 0 Å². The number of pyridine rings is 1. The number of carbonyl (C=O) groups excluding carboxylic acids is 1. The Morgan fingerprint density at radius 3 is 2.74 bits per heavy atom. The second-order valence-corrected chi connectivity index (χ2v) is 8.88. The molecule has 31 heavy (non-hydrogen) atoms. The van der Waals surface area contributed by atoms with E-state index in [0.29, 0.717) is 10.7 Å². The molecule has 2 aromatic carbocycles. The molecule has 0 aliphatic carbocycles. The van der Waals surface area contributed by atoms with Gasteiger partial charge in [0.2, 0.25) is 0 Å². The monoisotopic (exact) mass is 453 g/mol. The summed E-state index contributed by atoms with van der Waals surface area (Å²) in [6, 6.07) is 18.2. The van der Waals surface area contributed by atoms with Crippen LogP contribution in [0.1, 0.15) is 34.3 Å². The summed E-state index contributed by atoms with van der Waals surface area (Å²) < 4.78 is 0. The van der Waals surface area contributed by atoms with Crippen LogP contribution in [-0.4, -0.2) is 34.9 Å². The molecule has 1 aliphatic rings. The van der Waals surface area contributed by atoms with Crippen molar-refractivity contribution in [2.24, 2.45) is 0 Å². The maximum Gasteiger partial charge on any atom is 0.253 e. The first-order chi connectivity index (χ1) is 15.0. The number of benzene rings is 2. The molecule has 0 spiro atoms. The maximum absolute atomic E-state index is 12.5. The van der Waals surface area contributed by atoms with Gasteiger partial charge in [0.05, 0.1) is 5.56 Å². The van der Waals surface area contributed by atoms with Crippen LogP contribution in [0.4, 0.5) is 0 Å². The summed E-state index contributed by atoms with van der Waals surface area (Å²) in [4.78, 5) is 18.9. The number of likely N-dealkylation sites (tertiary alicyclic amines) is 1. The molecule has 1 aromatic heterocycles. The molecular formula is C25H25Cl2N3O. The van der Waals surface area contributed by atoms with Crippen LogP contribution >= 0.6 is 23.2 Å². The Hall–Kier alpha value is -2.40. The molecule has 0 radical (unpaired) electrons. The Balaban J connectivity index is 1.39. The molecule has 3 aromatic rings. The third-order valence-electron chi connectivity index (χ3n) is 5.67. The first-order valence-corrected chi connectivity index (χ1v) is 11.2. The van der Waals surface area contributed by atoms with Crippen LogP contribution in [-0.2, 0) is 6.54 Å². The quantitative estimate of drug-likeness (QED) is 0.499. The Morgan fingerprint density at radius 1 is 1.13 bits per heavy atom. The van der Waals surface area contributed by atoms with Crippen LogP contribution in [0, 0.1) is 6.92 Å². The van der Waals surface area contributed by atoms with Gasteiger partial charge in [-0.25, -0.2) is 4.98 Å². The molecule has 6 heteroatoms. The molecule has 1 saturated heterocycles. The summed E-state index contributed by atoms with van der Waals surface area (Å²) in [6.45, 7) is 4.71. The van der Waals surface area contributed by atoms with E-state index in [0.717, 1.165) is 54.2 Å². The molecule has 4 nitrogen and oxygen atoms in total. The molecule has 4 rings (SSSR count). The Labute approximate surface area is 193 Å². The van der Waals surface area contributed by atoms with E-state index in [9.17, 15) is 4.79 Å². The number of hydrogen-bond acceptors (Lipinski definition) is 3. The molecular weight excluding hydrogens is 429 g/mol. The number of carbonyl (C=O) groups is 1. The lowest BCUT2D eigenvalue weighted by Gasteiger charge is -2.33. The Bertz CT molecular complexity index is 1070. The number of rotatable bonds is 5. The topological polar surface area (TPSA) is 45.2 Å². The maximum atomic E-state index is 12.5. The number of aryl methyl sites for hydroxylation is 1. The molecule has 2 heterocycles. The fourth-order valence-electron chi connectivity index (χ4n) is 3.98. The van der Waals surface area contributed by atoms with E-state index in [-0.39, 0.29) is 11.9 Å². The van der Waals surface area contributed by atoms with E-state index in [1.165, 1.54) is 11.8 Å². The van der Waals surface area contributed by atoms with Gasteiger partial charge in [-0.05, 0) is 72.8 Å². The second kappa shape index (κ2) is 9.82. The normalized spacial score (nSPS) is 16.8. The van der Waals surface area contributed by atoms with Crippen molar-refractivity contribution in [3.05, 3.63) is 87.7 Å². The van der Waals surface area contributed by atoms with Crippen LogP contribution in [0.3, 0.4) is 0 Å². The third kappa shape index (κ3) is 5.65. The van der Waals surface area contributed by atoms with Crippen molar-refractivity contribution < 1.29 is 4.79 Å². The van der Waals surface area contributed by atoms with E-state index in [2.05, 4.69) is 51.6 Å². The fraction of sp³-hybridized carbons (Fsp3) is 0.280. The fourth-order valence-corrected chi connectivity index (χ4v) is 4.27. The average Bonchev–Trinajstić information content (AvgIpc) is 2.76. The van der Waals surface area contributed by atoms with Gasteiger partial charge in [0.25, 0.3) is 5.91 Å². The summed E-state index contributed by atoms with van der Waals surface area (Å²) in [5, 5.41) is 4.31. The zero-order valence-electron chi connectivity index (χ0n) is 17.4. The highest BCUT2D eigenvalue weighted by molar-refractivity contribution is 6.31. The SMILES string of the molecule is Cc1ccc(-c2cccc(CN3CCCC(NC(=O)c4ccc(Cl)nc4)C3)c2)cc1Cl. The molecule has 1 amide bonds. The second-order valence-electron chi connectivity index (χ2n) is 8.08. The standard InChI is InChI=1S/C25H25Cl2N3O/c1-17-7-8-20(13-23(17)26)19-5-2-4-18(12-19)15-30-11-3-6-22(16-30)29-25(31)21-9-10-24(27)28-14-21/h2,4-5,7-10,12-14,22H,3,6,11,15-16H2,1H3,(H,29,31). The van der Waals surface area contributed by atoms with E-state index in [4.69, 9.17) is 23.2 Å². The van der Waals surface area contributed by atoms with Gasteiger partial charge in [-0.2, -0.15) is 0 Å². The van der Waals surface area contributed by atoms with Gasteiger partial charge in [0.1, 0.15) is 5.15 Å². The number of piperidine rings is 1. The highest BCUT2D eigenvalue weighted by Gasteiger charge is 2.22. The van der Waals surface area contributed by atoms with Crippen molar-refractivity contribution in [3.63, 3.8) is 0 Å². The number of amides is 1. The smallest absolute Gasteiger partial charge is 0.253 e. The van der Waals surface area contributed by atoms with Crippen LogP contribution in [0.2, 0.25) is 10.2 Å². The summed E-state index contributed by atoms with van der Waals surface area (Å²) in [5.41, 5.74) is 5.15.